The molecule has 226 valence electrons. The molecule has 2 aromatic carbocycles. The molecule has 2 N–H and O–H groups in total. The largest absolute Gasteiger partial charge is 0.392 e. The molecule has 0 radical (unpaired) electrons. The zero-order valence-electron chi connectivity index (χ0n) is 24.7. The SMILES string of the molecule is CN1CCN(CCCN(c2nc3cc(F)c(F)cc3[nH]2)C2CCC3(c4cccc(CN5CCC(O)C5)c4)CC3C2)CC1. The summed E-state index contributed by atoms with van der Waals surface area (Å²) < 4.78 is 28.0. The number of nitrogens with one attached hydrogen (secondary N) is 1. The maximum Gasteiger partial charge on any atom is 0.204 e. The minimum atomic E-state index is -0.856. The Kier molecular flexibility index (Phi) is 7.71. The molecular formula is C33H44F2N6O. The maximum absolute atomic E-state index is 14.0. The number of aliphatic hydroxyl groups is 1. The van der Waals surface area contributed by atoms with E-state index in [1.54, 1.807) is 0 Å². The van der Waals surface area contributed by atoms with Crippen molar-refractivity contribution in [3.63, 3.8) is 0 Å². The van der Waals surface area contributed by atoms with Gasteiger partial charge in [-0.2, -0.15) is 0 Å². The molecule has 2 aliphatic carbocycles. The van der Waals surface area contributed by atoms with Crippen molar-refractivity contribution in [1.82, 2.24) is 24.7 Å². The third-order valence-corrected chi connectivity index (χ3v) is 10.6. The number of aromatic nitrogens is 2. The maximum atomic E-state index is 14.0. The van der Waals surface area contributed by atoms with Crippen LogP contribution in [0, 0.1) is 17.6 Å². The van der Waals surface area contributed by atoms with Gasteiger partial charge in [-0.3, -0.25) is 4.90 Å². The van der Waals surface area contributed by atoms with Crippen LogP contribution in [-0.2, 0) is 12.0 Å². The monoisotopic (exact) mass is 578 g/mol. The van der Waals surface area contributed by atoms with E-state index in [1.807, 2.05) is 0 Å². The zero-order valence-corrected chi connectivity index (χ0v) is 24.7. The summed E-state index contributed by atoms with van der Waals surface area (Å²) in [6.07, 6.45) is 6.26. The normalized spacial score (nSPS) is 28.8. The van der Waals surface area contributed by atoms with Crippen molar-refractivity contribution < 1.29 is 13.9 Å². The number of H-pyrrole nitrogens is 1. The first-order chi connectivity index (χ1) is 20.4. The summed E-state index contributed by atoms with van der Waals surface area (Å²) >= 11 is 0. The van der Waals surface area contributed by atoms with E-state index in [1.165, 1.54) is 29.7 Å². The number of benzene rings is 2. The van der Waals surface area contributed by atoms with Crippen molar-refractivity contribution in [1.29, 1.82) is 0 Å². The third kappa shape index (κ3) is 5.68. The number of aromatic amines is 1. The van der Waals surface area contributed by atoms with Gasteiger partial charge in [0, 0.05) is 70.5 Å². The molecule has 2 aliphatic heterocycles. The van der Waals surface area contributed by atoms with Gasteiger partial charge in [-0.05, 0) is 74.6 Å². The summed E-state index contributed by atoms with van der Waals surface area (Å²) in [6, 6.07) is 12.0. The minimum absolute atomic E-state index is 0.191. The number of likely N-dealkylation sites (N-methyl/N-ethyl adjacent to an activating group) is 1. The quantitative estimate of drug-likeness (QED) is 0.394. The first-order valence-corrected chi connectivity index (χ1v) is 15.9. The molecule has 1 aromatic heterocycles. The van der Waals surface area contributed by atoms with Gasteiger partial charge in [0.1, 0.15) is 0 Å². The highest BCUT2D eigenvalue weighted by Crippen LogP contribution is 2.63. The Morgan fingerprint density at radius 1 is 1.05 bits per heavy atom. The number of halogens is 2. The number of hydrogen-bond donors (Lipinski definition) is 2. The molecule has 7 nitrogen and oxygen atoms in total. The number of piperazine rings is 1. The lowest BCUT2D eigenvalue weighted by atomic mass is 9.80. The van der Waals surface area contributed by atoms with Gasteiger partial charge in [0.05, 0.1) is 17.1 Å². The predicted octanol–water partition coefficient (Wildman–Crippen LogP) is 4.36. The Morgan fingerprint density at radius 2 is 1.88 bits per heavy atom. The van der Waals surface area contributed by atoms with Gasteiger partial charge in [0.25, 0.3) is 0 Å². The van der Waals surface area contributed by atoms with Gasteiger partial charge >= 0.3 is 0 Å². The molecule has 0 bridgehead atoms. The first kappa shape index (κ1) is 28.2. The van der Waals surface area contributed by atoms with Crippen LogP contribution in [0.4, 0.5) is 14.7 Å². The van der Waals surface area contributed by atoms with E-state index in [0.717, 1.165) is 97.0 Å². The molecular weight excluding hydrogens is 534 g/mol. The smallest absolute Gasteiger partial charge is 0.204 e. The standard InChI is InChI=1S/C33H44F2N6O/c1-38-12-14-39(15-13-38)9-3-10-41(32-36-30-18-28(34)29(35)19-31(30)37-32)26-6-8-33(20-25(33)17-26)24-5-2-4-23(16-24)21-40-11-7-27(42)22-40/h2,4-5,16,18-19,25-27,42H,3,6-15,17,20-22H2,1H3,(H,36,37). The summed E-state index contributed by atoms with van der Waals surface area (Å²) in [6.45, 7) is 8.99. The molecule has 0 amide bonds. The fourth-order valence-corrected chi connectivity index (χ4v) is 7.97. The lowest BCUT2D eigenvalue weighted by molar-refractivity contribution is 0.153. The molecule has 3 aromatic rings. The fraction of sp³-hybridized carbons (Fsp3) is 0.606. The van der Waals surface area contributed by atoms with Crippen LogP contribution < -0.4 is 4.90 Å². The Hall–Kier alpha value is -2.59. The lowest BCUT2D eigenvalue weighted by Crippen LogP contribution is -2.46. The van der Waals surface area contributed by atoms with Gasteiger partial charge in [-0.15, -0.1) is 0 Å². The molecule has 4 aliphatic rings. The van der Waals surface area contributed by atoms with Gasteiger partial charge in [-0.1, -0.05) is 24.3 Å². The van der Waals surface area contributed by atoms with Crippen molar-refractivity contribution in [2.75, 3.05) is 64.3 Å². The molecule has 9 heteroatoms. The highest BCUT2D eigenvalue weighted by molar-refractivity contribution is 5.78. The molecule has 42 heavy (non-hydrogen) atoms. The number of fused-ring (bicyclic) bond motifs is 2. The Bertz CT molecular complexity index is 1370. The second-order valence-corrected chi connectivity index (χ2v) is 13.4. The number of likely N-dealkylation sites (tertiary alicyclic amines) is 1. The molecule has 4 fully saturated rings. The lowest BCUT2D eigenvalue weighted by Gasteiger charge is -2.38. The first-order valence-electron chi connectivity index (χ1n) is 15.9. The van der Waals surface area contributed by atoms with Gasteiger partial charge in [0.2, 0.25) is 5.95 Å². The molecule has 2 saturated heterocycles. The van der Waals surface area contributed by atoms with Crippen LogP contribution in [0.5, 0.6) is 0 Å². The Balaban J connectivity index is 1.06. The van der Waals surface area contributed by atoms with Crippen molar-refractivity contribution in [3.05, 3.63) is 59.2 Å². The van der Waals surface area contributed by atoms with Crippen molar-refractivity contribution >= 4 is 17.0 Å². The predicted molar refractivity (Wildman–Crippen MR) is 162 cm³/mol. The van der Waals surface area contributed by atoms with E-state index in [9.17, 15) is 13.9 Å². The van der Waals surface area contributed by atoms with Gasteiger partial charge in [-0.25, -0.2) is 13.8 Å². The van der Waals surface area contributed by atoms with Crippen LogP contribution in [-0.4, -0.2) is 101 Å². The number of aliphatic hydroxyl groups excluding tert-OH is 1. The van der Waals surface area contributed by atoms with Crippen LogP contribution in [0.2, 0.25) is 0 Å². The summed E-state index contributed by atoms with van der Waals surface area (Å²) in [4.78, 5) is 17.8. The molecule has 0 spiro atoms. The highest BCUT2D eigenvalue weighted by atomic mass is 19.2. The summed E-state index contributed by atoms with van der Waals surface area (Å²) in [5, 5.41) is 9.94. The summed E-state index contributed by atoms with van der Waals surface area (Å²) in [7, 11) is 2.18. The van der Waals surface area contributed by atoms with Gasteiger partial charge < -0.3 is 24.8 Å². The average Bonchev–Trinajstić information content (AvgIpc) is 3.38. The van der Waals surface area contributed by atoms with E-state index in [-0.39, 0.29) is 11.5 Å². The summed E-state index contributed by atoms with van der Waals surface area (Å²) in [5.41, 5.74) is 4.11. The molecule has 2 saturated carbocycles. The molecule has 3 heterocycles. The van der Waals surface area contributed by atoms with Crippen molar-refractivity contribution in [2.24, 2.45) is 5.92 Å². The number of β-amino-alcohol motifs (C(OH)–C–C–N with tert-alkyl or cyclic N) is 1. The van der Waals surface area contributed by atoms with Gasteiger partial charge in [0.15, 0.2) is 11.6 Å². The van der Waals surface area contributed by atoms with E-state index in [2.05, 4.69) is 55.9 Å². The van der Waals surface area contributed by atoms with Crippen molar-refractivity contribution in [3.8, 4) is 0 Å². The summed E-state index contributed by atoms with van der Waals surface area (Å²) in [5.74, 6) is -0.325. The number of nitrogens with zero attached hydrogens (tertiary/aromatic N) is 5. The van der Waals surface area contributed by atoms with E-state index in [4.69, 9.17) is 4.98 Å². The van der Waals surface area contributed by atoms with E-state index < -0.39 is 11.6 Å². The Morgan fingerprint density at radius 3 is 2.67 bits per heavy atom. The molecule has 4 atom stereocenters. The van der Waals surface area contributed by atoms with Crippen molar-refractivity contribution in [2.45, 2.75) is 62.6 Å². The van der Waals surface area contributed by atoms with E-state index >= 15 is 0 Å². The zero-order chi connectivity index (χ0) is 28.8. The third-order valence-electron chi connectivity index (χ3n) is 10.6. The van der Waals surface area contributed by atoms with Crippen LogP contribution in [0.15, 0.2) is 36.4 Å². The molecule has 4 unspecified atom stereocenters. The average molecular weight is 579 g/mol. The van der Waals surface area contributed by atoms with Crippen LogP contribution in [0.1, 0.15) is 49.7 Å². The minimum Gasteiger partial charge on any atom is -0.392 e. The fourth-order valence-electron chi connectivity index (χ4n) is 7.97. The topological polar surface area (TPSA) is 61.9 Å². The number of anilines is 1. The van der Waals surface area contributed by atoms with E-state index in [0.29, 0.717) is 23.0 Å². The second kappa shape index (κ2) is 11.5. The van der Waals surface area contributed by atoms with Crippen LogP contribution in [0.3, 0.4) is 0 Å². The number of rotatable bonds is 9. The van der Waals surface area contributed by atoms with Crippen LogP contribution >= 0.6 is 0 Å². The van der Waals surface area contributed by atoms with Crippen LogP contribution in [0.25, 0.3) is 11.0 Å². The molecule has 7 rings (SSSR count). The number of imidazole rings is 1. The number of hydrogen-bond acceptors (Lipinski definition) is 6. The Labute approximate surface area is 247 Å². The highest BCUT2D eigenvalue weighted by Gasteiger charge is 2.58. The second-order valence-electron chi connectivity index (χ2n) is 13.4.